The van der Waals surface area contributed by atoms with Crippen LogP contribution in [0.15, 0.2) is 36.5 Å². The average Bonchev–Trinajstić information content (AvgIpc) is 3.30. The van der Waals surface area contributed by atoms with Gasteiger partial charge in [0.1, 0.15) is 11.5 Å². The van der Waals surface area contributed by atoms with Crippen LogP contribution in [0.5, 0.6) is 0 Å². The van der Waals surface area contributed by atoms with Crippen LogP contribution >= 0.6 is 0 Å². The van der Waals surface area contributed by atoms with Crippen LogP contribution in [0.4, 0.5) is 10.1 Å². The number of aromatic amines is 1. The van der Waals surface area contributed by atoms with E-state index in [0.29, 0.717) is 13.1 Å². The molecule has 1 aromatic carbocycles. The van der Waals surface area contributed by atoms with Gasteiger partial charge in [0.25, 0.3) is 0 Å². The van der Waals surface area contributed by atoms with Crippen molar-refractivity contribution in [3.63, 3.8) is 0 Å². The van der Waals surface area contributed by atoms with Crippen molar-refractivity contribution in [1.29, 1.82) is 0 Å². The minimum atomic E-state index is -0.930. The molecule has 1 saturated heterocycles. The van der Waals surface area contributed by atoms with Gasteiger partial charge in [-0.2, -0.15) is 0 Å². The predicted octanol–water partition coefficient (Wildman–Crippen LogP) is 2.75. The SMILES string of the molecule is CN(CC(O)CO)C(=O)CN1[C@H]2CC[C@@H]1C=C(c1[nH]c3nccc4c3c1CN(C)c1ccc(F)cc1-4)C2. The highest BCUT2D eigenvalue weighted by atomic mass is 19.1. The van der Waals surface area contributed by atoms with Gasteiger partial charge in [0, 0.05) is 73.4 Å². The first-order valence-electron chi connectivity index (χ1n) is 12.8. The summed E-state index contributed by atoms with van der Waals surface area (Å²) in [6.07, 6.45) is 5.98. The minimum absolute atomic E-state index is 0.0566. The molecule has 3 atom stereocenters. The highest BCUT2D eigenvalue weighted by Crippen LogP contribution is 2.45. The standard InChI is InChI=1S/C28H32FN5O3/c1-32-13-23-26-21(22-11-17(29)3-6-24(22)32)7-8-30-28(26)31-27(23)16-9-18-4-5-19(10-16)34(18)14-25(37)33(2)12-20(36)15-35/h3,6-9,11,18-20,35-36H,4-5,10,12-15H2,1-2H3,(H,30,31)/t18-,19+,20?/m1/s1. The highest BCUT2D eigenvalue weighted by molar-refractivity contribution is 6.02. The molecule has 3 N–H and O–H groups in total. The van der Waals surface area contributed by atoms with E-state index in [1.807, 2.05) is 19.2 Å². The molecule has 5 heterocycles. The molecule has 3 aliphatic heterocycles. The molecule has 8 nitrogen and oxygen atoms in total. The summed E-state index contributed by atoms with van der Waals surface area (Å²) in [5, 5.41) is 19.8. The van der Waals surface area contributed by atoms with Crippen LogP contribution in [0.25, 0.3) is 27.7 Å². The summed E-state index contributed by atoms with van der Waals surface area (Å²) in [5.74, 6) is -0.312. The molecule has 0 radical (unpaired) electrons. The molecule has 1 amide bonds. The summed E-state index contributed by atoms with van der Waals surface area (Å²) < 4.78 is 14.3. The first kappa shape index (κ1) is 24.1. The number of carbonyl (C=O) groups is 1. The van der Waals surface area contributed by atoms with Gasteiger partial charge in [0.15, 0.2) is 0 Å². The second-order valence-corrected chi connectivity index (χ2v) is 10.6. The van der Waals surface area contributed by atoms with Gasteiger partial charge in [-0.3, -0.25) is 9.69 Å². The van der Waals surface area contributed by atoms with Crippen molar-refractivity contribution in [2.24, 2.45) is 0 Å². The first-order chi connectivity index (χ1) is 17.8. The van der Waals surface area contributed by atoms with E-state index >= 15 is 0 Å². The van der Waals surface area contributed by atoms with E-state index in [2.05, 4.69) is 25.8 Å². The monoisotopic (exact) mass is 505 g/mol. The normalized spacial score (nSPS) is 21.5. The number of H-pyrrole nitrogens is 1. The molecular formula is C28H32FN5O3. The van der Waals surface area contributed by atoms with E-state index in [-0.39, 0.29) is 37.0 Å². The fraction of sp³-hybridized carbons (Fsp3) is 0.429. The smallest absolute Gasteiger partial charge is 0.236 e. The molecule has 1 unspecified atom stereocenters. The summed E-state index contributed by atoms with van der Waals surface area (Å²) in [6.45, 7) is 0.729. The minimum Gasteiger partial charge on any atom is -0.394 e. The topological polar surface area (TPSA) is 95.9 Å². The number of rotatable bonds is 6. The van der Waals surface area contributed by atoms with Gasteiger partial charge in [-0.25, -0.2) is 9.37 Å². The largest absolute Gasteiger partial charge is 0.394 e. The number of fused-ring (bicyclic) bond motifs is 4. The third kappa shape index (κ3) is 4.11. The molecule has 0 saturated carbocycles. The lowest BCUT2D eigenvalue weighted by Crippen LogP contribution is -2.47. The van der Waals surface area contributed by atoms with Crippen LogP contribution in [0, 0.1) is 5.82 Å². The lowest BCUT2D eigenvalue weighted by Gasteiger charge is -2.34. The quantitative estimate of drug-likeness (QED) is 0.477. The zero-order valence-electron chi connectivity index (χ0n) is 21.1. The zero-order valence-corrected chi connectivity index (χ0v) is 21.1. The van der Waals surface area contributed by atoms with E-state index in [9.17, 15) is 14.3 Å². The maximum atomic E-state index is 14.3. The maximum absolute atomic E-state index is 14.3. The Labute approximate surface area is 215 Å². The van der Waals surface area contributed by atoms with Crippen molar-refractivity contribution in [3.05, 3.63) is 53.6 Å². The second kappa shape index (κ2) is 9.24. The third-order valence-electron chi connectivity index (χ3n) is 8.15. The van der Waals surface area contributed by atoms with Crippen molar-refractivity contribution in [2.75, 3.05) is 38.7 Å². The number of nitrogens with one attached hydrogen (secondary N) is 1. The number of aliphatic hydroxyl groups excluding tert-OH is 2. The fourth-order valence-corrected chi connectivity index (χ4v) is 6.32. The lowest BCUT2D eigenvalue weighted by atomic mass is 9.94. The van der Waals surface area contributed by atoms with Crippen molar-refractivity contribution in [1.82, 2.24) is 19.8 Å². The number of hydrogen-bond acceptors (Lipinski definition) is 6. The predicted molar refractivity (Wildman–Crippen MR) is 140 cm³/mol. The van der Waals surface area contributed by atoms with Crippen molar-refractivity contribution < 1.29 is 19.4 Å². The summed E-state index contributed by atoms with van der Waals surface area (Å²) in [6, 6.07) is 7.35. The van der Waals surface area contributed by atoms with Crippen LogP contribution in [0.1, 0.15) is 30.5 Å². The van der Waals surface area contributed by atoms with Gasteiger partial charge in [0.2, 0.25) is 5.91 Å². The Morgan fingerprint density at radius 3 is 2.92 bits per heavy atom. The van der Waals surface area contributed by atoms with Crippen molar-refractivity contribution in [2.45, 2.75) is 44.0 Å². The number of aliphatic hydroxyl groups is 2. The van der Waals surface area contributed by atoms with Crippen LogP contribution in [0.2, 0.25) is 0 Å². The van der Waals surface area contributed by atoms with E-state index in [1.165, 1.54) is 22.1 Å². The Bertz CT molecular complexity index is 1400. The number of nitrogens with zero attached hydrogens (tertiary/aromatic N) is 4. The lowest BCUT2D eigenvalue weighted by molar-refractivity contribution is -0.133. The number of likely N-dealkylation sites (N-methyl/N-ethyl adjacent to an activating group) is 1. The number of aromatic nitrogens is 2. The maximum Gasteiger partial charge on any atom is 0.236 e. The summed E-state index contributed by atoms with van der Waals surface area (Å²) >= 11 is 0. The van der Waals surface area contributed by atoms with Gasteiger partial charge in [0.05, 0.1) is 19.3 Å². The Morgan fingerprint density at radius 1 is 1.30 bits per heavy atom. The summed E-state index contributed by atoms with van der Waals surface area (Å²) in [5.41, 5.74) is 7.16. The third-order valence-corrected chi connectivity index (χ3v) is 8.15. The fourth-order valence-electron chi connectivity index (χ4n) is 6.32. The van der Waals surface area contributed by atoms with E-state index in [4.69, 9.17) is 5.11 Å². The Morgan fingerprint density at radius 2 is 2.14 bits per heavy atom. The van der Waals surface area contributed by atoms with Crippen LogP contribution in [-0.2, 0) is 11.3 Å². The number of halogens is 1. The Balaban J connectivity index is 1.33. The van der Waals surface area contributed by atoms with Gasteiger partial charge < -0.3 is 25.0 Å². The molecular weight excluding hydrogens is 473 g/mol. The number of anilines is 1. The number of amides is 1. The molecule has 3 aromatic rings. The highest BCUT2D eigenvalue weighted by Gasteiger charge is 2.39. The molecule has 1 fully saturated rings. The molecule has 9 heteroatoms. The van der Waals surface area contributed by atoms with Crippen molar-refractivity contribution in [3.8, 4) is 11.1 Å². The van der Waals surface area contributed by atoms with Gasteiger partial charge in [-0.15, -0.1) is 0 Å². The molecule has 0 aliphatic carbocycles. The van der Waals surface area contributed by atoms with Crippen LogP contribution in [-0.4, -0.2) is 87.9 Å². The molecule has 6 rings (SSSR count). The van der Waals surface area contributed by atoms with Crippen LogP contribution < -0.4 is 4.90 Å². The molecule has 194 valence electrons. The summed E-state index contributed by atoms with van der Waals surface area (Å²) in [7, 11) is 3.70. The molecule has 2 bridgehead atoms. The molecule has 37 heavy (non-hydrogen) atoms. The molecule has 3 aliphatic rings. The Kier molecular flexibility index (Phi) is 6.01. The van der Waals surface area contributed by atoms with Gasteiger partial charge >= 0.3 is 0 Å². The van der Waals surface area contributed by atoms with Gasteiger partial charge in [-0.05, 0) is 54.7 Å². The number of carbonyl (C=O) groups excluding carboxylic acids is 1. The average molecular weight is 506 g/mol. The second-order valence-electron chi connectivity index (χ2n) is 10.6. The Hall–Kier alpha value is -3.27. The van der Waals surface area contributed by atoms with Crippen LogP contribution in [0.3, 0.4) is 0 Å². The van der Waals surface area contributed by atoms with Crippen molar-refractivity contribution >= 4 is 28.2 Å². The molecule has 2 aromatic heterocycles. The van der Waals surface area contributed by atoms with E-state index < -0.39 is 6.10 Å². The number of hydrogen-bond donors (Lipinski definition) is 3. The molecule has 0 spiro atoms. The summed E-state index contributed by atoms with van der Waals surface area (Å²) in [4.78, 5) is 27.0. The van der Waals surface area contributed by atoms with Gasteiger partial charge in [-0.1, -0.05) is 6.08 Å². The number of benzene rings is 1. The number of pyridine rings is 1. The zero-order chi connectivity index (χ0) is 25.8. The van der Waals surface area contributed by atoms with E-state index in [1.54, 1.807) is 19.3 Å². The first-order valence-corrected chi connectivity index (χ1v) is 12.8. The van der Waals surface area contributed by atoms with E-state index in [0.717, 1.165) is 52.8 Å².